The molecule has 42 heavy (non-hydrogen) atoms. The molecule has 0 saturated heterocycles. The molecule has 4 aromatic rings. The summed E-state index contributed by atoms with van der Waals surface area (Å²) in [5.41, 5.74) is 3.23. The van der Waals surface area contributed by atoms with Crippen molar-refractivity contribution in [1.82, 2.24) is 5.43 Å². The van der Waals surface area contributed by atoms with Crippen LogP contribution < -0.4 is 14.5 Å². The normalized spacial score (nSPS) is 11.1. The highest BCUT2D eigenvalue weighted by molar-refractivity contribution is 7.92. The number of hydrogen-bond donors (Lipinski definition) is 1. The number of ether oxygens (including phenoxy) is 1. The van der Waals surface area contributed by atoms with Crippen LogP contribution in [0.25, 0.3) is 0 Å². The van der Waals surface area contributed by atoms with Crippen LogP contribution in [0.1, 0.15) is 11.1 Å². The molecule has 0 heterocycles. The first-order valence-corrected chi connectivity index (χ1v) is 13.7. The van der Waals surface area contributed by atoms with E-state index < -0.39 is 32.3 Å². The lowest BCUT2D eigenvalue weighted by Crippen LogP contribution is -2.39. The van der Waals surface area contributed by atoms with Crippen LogP contribution in [-0.4, -0.2) is 36.9 Å². The van der Waals surface area contributed by atoms with Crippen molar-refractivity contribution in [1.29, 1.82) is 0 Å². The summed E-state index contributed by atoms with van der Waals surface area (Å²) in [5.74, 6) is -0.242. The Labute approximate surface area is 240 Å². The zero-order valence-electron chi connectivity index (χ0n) is 21.8. The molecule has 0 bridgehead atoms. The van der Waals surface area contributed by atoms with Crippen LogP contribution in [0.3, 0.4) is 0 Å². The summed E-state index contributed by atoms with van der Waals surface area (Å²) in [6.07, 6.45) is 1.35. The van der Waals surface area contributed by atoms with Gasteiger partial charge in [0, 0.05) is 24.3 Å². The van der Waals surface area contributed by atoms with Crippen LogP contribution in [-0.2, 0) is 21.4 Å². The van der Waals surface area contributed by atoms with Crippen LogP contribution in [0.4, 0.5) is 17.1 Å². The van der Waals surface area contributed by atoms with E-state index in [0.29, 0.717) is 11.3 Å². The fraction of sp³-hybridized carbons (Fsp3) is 0.0714. The number of sulfonamides is 1. The number of anilines is 1. The predicted molar refractivity (Wildman–Crippen MR) is 154 cm³/mol. The largest absolute Gasteiger partial charge is 0.489 e. The molecule has 0 spiro atoms. The lowest BCUT2D eigenvalue weighted by molar-refractivity contribution is -0.385. The molecule has 4 rings (SSSR count). The number of nitro benzene ring substituents is 2. The van der Waals surface area contributed by atoms with E-state index in [-0.39, 0.29) is 28.6 Å². The summed E-state index contributed by atoms with van der Waals surface area (Å²) in [6, 6.07) is 25.1. The van der Waals surface area contributed by atoms with E-state index in [1.165, 1.54) is 60.8 Å². The van der Waals surface area contributed by atoms with E-state index in [0.717, 1.165) is 15.9 Å². The van der Waals surface area contributed by atoms with Gasteiger partial charge < -0.3 is 4.74 Å². The van der Waals surface area contributed by atoms with E-state index in [1.54, 1.807) is 42.5 Å². The van der Waals surface area contributed by atoms with Gasteiger partial charge >= 0.3 is 0 Å². The molecule has 0 radical (unpaired) electrons. The smallest absolute Gasteiger partial charge is 0.271 e. The molecule has 14 heteroatoms. The SMILES string of the molecule is O=C(CN(c1cccc([N+](=O)[O-])c1)S(=O)(=O)c1ccccc1)NN=Cc1ccc(OCc2ccc([N+](=O)[O-])cc2)cc1. The molecule has 0 aliphatic heterocycles. The molecule has 1 N–H and O–H groups in total. The molecular formula is C28H23N5O8S. The highest BCUT2D eigenvalue weighted by Gasteiger charge is 2.28. The Kier molecular flexibility index (Phi) is 9.19. The first-order chi connectivity index (χ1) is 20.1. The van der Waals surface area contributed by atoms with Crippen LogP contribution in [0.5, 0.6) is 5.75 Å². The number of nitrogens with one attached hydrogen (secondary N) is 1. The van der Waals surface area contributed by atoms with Gasteiger partial charge in [0.05, 0.1) is 26.6 Å². The van der Waals surface area contributed by atoms with Gasteiger partial charge in [0.25, 0.3) is 27.3 Å². The molecule has 1 amide bonds. The van der Waals surface area contributed by atoms with Crippen molar-refractivity contribution in [2.75, 3.05) is 10.8 Å². The highest BCUT2D eigenvalue weighted by atomic mass is 32.2. The maximum atomic E-state index is 13.4. The maximum Gasteiger partial charge on any atom is 0.271 e. The van der Waals surface area contributed by atoms with Gasteiger partial charge in [0.15, 0.2) is 0 Å². The maximum absolute atomic E-state index is 13.4. The van der Waals surface area contributed by atoms with Crippen molar-refractivity contribution in [2.24, 2.45) is 5.10 Å². The Hall–Kier alpha value is -5.63. The van der Waals surface area contributed by atoms with Gasteiger partial charge in [-0.1, -0.05) is 24.3 Å². The van der Waals surface area contributed by atoms with Crippen LogP contribution in [0, 0.1) is 20.2 Å². The van der Waals surface area contributed by atoms with E-state index in [1.807, 2.05) is 0 Å². The van der Waals surface area contributed by atoms with Gasteiger partial charge in [-0.3, -0.25) is 29.3 Å². The number of rotatable bonds is 12. The van der Waals surface area contributed by atoms with Crippen LogP contribution >= 0.6 is 0 Å². The number of benzene rings is 4. The van der Waals surface area contributed by atoms with Gasteiger partial charge in [-0.25, -0.2) is 13.8 Å². The van der Waals surface area contributed by atoms with Crippen molar-refractivity contribution in [3.8, 4) is 5.75 Å². The molecule has 214 valence electrons. The number of carbonyl (C=O) groups is 1. The van der Waals surface area contributed by atoms with Crippen molar-refractivity contribution in [3.05, 3.63) is 134 Å². The van der Waals surface area contributed by atoms with Crippen molar-refractivity contribution >= 4 is 39.2 Å². The zero-order chi connectivity index (χ0) is 30.1. The van der Waals surface area contributed by atoms with Crippen molar-refractivity contribution in [3.63, 3.8) is 0 Å². The Morgan fingerprint density at radius 2 is 1.52 bits per heavy atom. The van der Waals surface area contributed by atoms with Crippen molar-refractivity contribution < 1.29 is 27.8 Å². The summed E-state index contributed by atoms with van der Waals surface area (Å²) >= 11 is 0. The number of hydrogen-bond acceptors (Lipinski definition) is 9. The lowest BCUT2D eigenvalue weighted by atomic mass is 10.2. The summed E-state index contributed by atoms with van der Waals surface area (Å²) in [5, 5.41) is 25.9. The minimum absolute atomic E-state index is 0.0101. The predicted octanol–water partition coefficient (Wildman–Crippen LogP) is 4.43. The van der Waals surface area contributed by atoms with Gasteiger partial charge in [0.1, 0.15) is 18.9 Å². The van der Waals surface area contributed by atoms with Gasteiger partial charge in [-0.2, -0.15) is 5.10 Å². The molecule has 4 aromatic carbocycles. The second-order valence-corrected chi connectivity index (χ2v) is 10.5. The number of nitro groups is 2. The standard InChI is InChI=1S/C28H23N5O8S/c34-28(19-31(24-5-4-6-25(17-24)33(37)38)42(39,40)27-7-2-1-3-8-27)30-29-18-21-11-15-26(16-12-21)41-20-22-9-13-23(14-10-22)32(35)36/h1-18H,19-20H2,(H,30,34). The molecule has 0 aliphatic carbocycles. The van der Waals surface area contributed by atoms with Crippen LogP contribution in [0.15, 0.2) is 113 Å². The third-order valence-corrected chi connectivity index (χ3v) is 7.57. The zero-order valence-corrected chi connectivity index (χ0v) is 22.6. The minimum atomic E-state index is -4.25. The fourth-order valence-electron chi connectivity index (χ4n) is 3.67. The number of nitrogens with zero attached hydrogens (tertiary/aromatic N) is 4. The fourth-order valence-corrected chi connectivity index (χ4v) is 5.11. The second kappa shape index (κ2) is 13.1. The topological polar surface area (TPSA) is 174 Å². The van der Waals surface area contributed by atoms with E-state index in [9.17, 15) is 33.4 Å². The molecule has 13 nitrogen and oxygen atoms in total. The van der Waals surface area contributed by atoms with E-state index >= 15 is 0 Å². The number of hydrazone groups is 1. The molecule has 0 atom stereocenters. The quantitative estimate of drug-likeness (QED) is 0.143. The summed E-state index contributed by atoms with van der Waals surface area (Å²) < 4.78 is 33.2. The number of amides is 1. The monoisotopic (exact) mass is 589 g/mol. The Balaban J connectivity index is 1.40. The average Bonchev–Trinajstić information content (AvgIpc) is 3.00. The van der Waals surface area contributed by atoms with Crippen LogP contribution in [0.2, 0.25) is 0 Å². The number of carbonyl (C=O) groups excluding carboxylic acids is 1. The summed E-state index contributed by atoms with van der Waals surface area (Å²) in [6.45, 7) is -0.487. The Morgan fingerprint density at radius 3 is 2.17 bits per heavy atom. The lowest BCUT2D eigenvalue weighted by Gasteiger charge is -2.23. The average molecular weight is 590 g/mol. The molecule has 0 saturated carbocycles. The van der Waals surface area contributed by atoms with Gasteiger partial charge in [0.2, 0.25) is 0 Å². The molecule has 0 aromatic heterocycles. The Morgan fingerprint density at radius 1 is 0.857 bits per heavy atom. The minimum Gasteiger partial charge on any atom is -0.489 e. The van der Waals surface area contributed by atoms with E-state index in [4.69, 9.17) is 4.74 Å². The Bertz CT molecular complexity index is 1710. The second-order valence-electron chi connectivity index (χ2n) is 8.68. The van der Waals surface area contributed by atoms with Gasteiger partial charge in [-0.15, -0.1) is 0 Å². The molecular weight excluding hydrogens is 566 g/mol. The first-order valence-electron chi connectivity index (χ1n) is 12.2. The first kappa shape index (κ1) is 29.4. The van der Waals surface area contributed by atoms with Crippen molar-refractivity contribution in [2.45, 2.75) is 11.5 Å². The number of non-ortho nitro benzene ring substituents is 2. The highest BCUT2D eigenvalue weighted by Crippen LogP contribution is 2.27. The third kappa shape index (κ3) is 7.51. The van der Waals surface area contributed by atoms with E-state index in [2.05, 4.69) is 10.5 Å². The summed E-state index contributed by atoms with van der Waals surface area (Å²) in [7, 11) is -4.25. The third-order valence-electron chi connectivity index (χ3n) is 5.78. The molecule has 0 unspecified atom stereocenters. The molecule has 0 fully saturated rings. The summed E-state index contributed by atoms with van der Waals surface area (Å²) in [4.78, 5) is 33.5. The van der Waals surface area contributed by atoms with Gasteiger partial charge in [-0.05, 0) is 65.7 Å². The molecule has 0 aliphatic rings.